The van der Waals surface area contributed by atoms with E-state index in [9.17, 15) is 9.59 Å². The molecule has 0 saturated heterocycles. The number of hydrogen-bond acceptors (Lipinski definition) is 3. The number of ether oxygens (including phenoxy) is 1. The molecule has 0 aliphatic heterocycles. The van der Waals surface area contributed by atoms with Crippen molar-refractivity contribution in [2.75, 3.05) is 11.9 Å². The number of halogens is 4. The molecule has 0 heterocycles. The van der Waals surface area contributed by atoms with Crippen LogP contribution < -0.4 is 5.32 Å². The van der Waals surface area contributed by atoms with Gasteiger partial charge in [0.2, 0.25) is 0 Å². The Balaban J connectivity index is 1.88. The molecule has 0 bridgehead atoms. The van der Waals surface area contributed by atoms with Gasteiger partial charge in [0.05, 0.1) is 17.1 Å². The molecule has 0 saturated carbocycles. The largest absolute Gasteiger partial charge is 0.455 e. The summed E-state index contributed by atoms with van der Waals surface area (Å²) in [4.78, 5) is 23.6. The second-order valence-electron chi connectivity index (χ2n) is 4.71. The molecule has 0 radical (unpaired) electrons. The lowest BCUT2D eigenvalue weighted by atomic mass is 10.1. The van der Waals surface area contributed by atoms with E-state index in [1.807, 2.05) is 0 Å². The predicted octanol–water partition coefficient (Wildman–Crippen LogP) is 5.02. The zero-order valence-corrected chi connectivity index (χ0v) is 15.1. The van der Waals surface area contributed by atoms with Gasteiger partial charge in [-0.1, -0.05) is 52.5 Å². The van der Waals surface area contributed by atoms with Gasteiger partial charge in [0.15, 0.2) is 6.61 Å². The molecule has 0 aliphatic carbocycles. The molecule has 4 nitrogen and oxygen atoms in total. The van der Waals surface area contributed by atoms with Gasteiger partial charge < -0.3 is 10.1 Å². The Kier molecular flexibility index (Phi) is 6.75. The van der Waals surface area contributed by atoms with E-state index in [0.29, 0.717) is 26.3 Å². The first-order valence-corrected chi connectivity index (χ1v) is 8.21. The van der Waals surface area contributed by atoms with Gasteiger partial charge in [0.25, 0.3) is 5.91 Å². The van der Waals surface area contributed by atoms with Crippen molar-refractivity contribution >= 4 is 64.0 Å². The first-order valence-electron chi connectivity index (χ1n) is 6.70. The van der Waals surface area contributed by atoms with E-state index in [-0.39, 0.29) is 11.4 Å². The van der Waals surface area contributed by atoms with Crippen LogP contribution in [0.5, 0.6) is 0 Å². The molecule has 8 heteroatoms. The highest BCUT2D eigenvalue weighted by molar-refractivity contribution is 6.37. The van der Waals surface area contributed by atoms with Gasteiger partial charge >= 0.3 is 5.97 Å². The van der Waals surface area contributed by atoms with Crippen LogP contribution in [0.1, 0.15) is 5.56 Å². The second-order valence-corrected chi connectivity index (χ2v) is 6.37. The van der Waals surface area contributed by atoms with Gasteiger partial charge in [-0.25, -0.2) is 0 Å². The Bertz CT molecular complexity index is 760. The third-order valence-corrected chi connectivity index (χ3v) is 4.21. The van der Waals surface area contributed by atoms with Crippen molar-refractivity contribution in [2.45, 2.75) is 6.42 Å². The molecule has 2 aromatic rings. The molecule has 2 rings (SSSR count). The molecule has 0 spiro atoms. The maximum absolute atomic E-state index is 11.8. The second kappa shape index (κ2) is 8.58. The zero-order valence-electron chi connectivity index (χ0n) is 12.1. The highest BCUT2D eigenvalue weighted by atomic mass is 35.5. The van der Waals surface area contributed by atoms with Crippen molar-refractivity contribution in [3.05, 3.63) is 62.1 Å². The van der Waals surface area contributed by atoms with Crippen LogP contribution in [-0.4, -0.2) is 18.5 Å². The molecule has 1 amide bonds. The van der Waals surface area contributed by atoms with Crippen molar-refractivity contribution in [1.29, 1.82) is 0 Å². The van der Waals surface area contributed by atoms with Crippen molar-refractivity contribution in [3.63, 3.8) is 0 Å². The van der Waals surface area contributed by atoms with Crippen LogP contribution in [0.4, 0.5) is 5.69 Å². The van der Waals surface area contributed by atoms with Crippen molar-refractivity contribution in [3.8, 4) is 0 Å². The van der Waals surface area contributed by atoms with Crippen LogP contribution in [0.3, 0.4) is 0 Å². The number of esters is 1. The number of carbonyl (C=O) groups excluding carboxylic acids is 2. The first kappa shape index (κ1) is 18.9. The fraction of sp³-hybridized carbons (Fsp3) is 0.125. The summed E-state index contributed by atoms with van der Waals surface area (Å²) in [6.07, 6.45) is -0.131. The number of carbonyl (C=O) groups is 2. The van der Waals surface area contributed by atoms with Gasteiger partial charge in [-0.05, 0) is 30.3 Å². The predicted molar refractivity (Wildman–Crippen MR) is 96.2 cm³/mol. The SMILES string of the molecule is O=C(COC(=O)Cc1c(Cl)cccc1Cl)Nc1ccc(Cl)cc1Cl. The quantitative estimate of drug-likeness (QED) is 0.708. The Morgan fingerprint density at radius 1 is 0.958 bits per heavy atom. The third kappa shape index (κ3) is 5.28. The van der Waals surface area contributed by atoms with Gasteiger partial charge in [-0.15, -0.1) is 0 Å². The van der Waals surface area contributed by atoms with Crippen molar-refractivity contribution < 1.29 is 14.3 Å². The van der Waals surface area contributed by atoms with Gasteiger partial charge in [0, 0.05) is 20.6 Å². The van der Waals surface area contributed by atoms with E-state index in [1.165, 1.54) is 6.07 Å². The van der Waals surface area contributed by atoms with Crippen LogP contribution in [-0.2, 0) is 20.7 Å². The third-order valence-electron chi connectivity index (χ3n) is 2.95. The van der Waals surface area contributed by atoms with Crippen LogP contribution in [0.25, 0.3) is 0 Å². The number of hydrogen-bond donors (Lipinski definition) is 1. The number of anilines is 1. The highest BCUT2D eigenvalue weighted by Crippen LogP contribution is 2.26. The number of benzene rings is 2. The van der Waals surface area contributed by atoms with E-state index in [4.69, 9.17) is 51.1 Å². The fourth-order valence-corrected chi connectivity index (χ4v) is 2.81. The Morgan fingerprint density at radius 2 is 1.62 bits per heavy atom. The summed E-state index contributed by atoms with van der Waals surface area (Å²) in [7, 11) is 0. The van der Waals surface area contributed by atoms with Crippen LogP contribution in [0.15, 0.2) is 36.4 Å². The van der Waals surface area contributed by atoms with Crippen molar-refractivity contribution in [1.82, 2.24) is 0 Å². The standard InChI is InChI=1S/C16H11Cl4NO3/c17-9-4-5-14(13(20)6-9)21-15(22)8-24-16(23)7-10-11(18)2-1-3-12(10)19/h1-6H,7-8H2,(H,21,22). The lowest BCUT2D eigenvalue weighted by Crippen LogP contribution is -2.21. The Morgan fingerprint density at radius 3 is 2.25 bits per heavy atom. The van der Waals surface area contributed by atoms with E-state index >= 15 is 0 Å². The van der Waals surface area contributed by atoms with Gasteiger partial charge in [-0.3, -0.25) is 9.59 Å². The maximum atomic E-state index is 11.8. The summed E-state index contributed by atoms with van der Waals surface area (Å²) in [6, 6.07) is 9.52. The molecule has 2 aromatic carbocycles. The lowest BCUT2D eigenvalue weighted by molar-refractivity contribution is -0.146. The maximum Gasteiger partial charge on any atom is 0.310 e. The Hall–Kier alpha value is -1.46. The topological polar surface area (TPSA) is 55.4 Å². The molecular formula is C16H11Cl4NO3. The Labute approximate surface area is 158 Å². The summed E-state index contributed by atoms with van der Waals surface area (Å²) in [5.41, 5.74) is 0.822. The molecular weight excluding hydrogens is 396 g/mol. The number of nitrogens with one attached hydrogen (secondary N) is 1. The average Bonchev–Trinajstić information content (AvgIpc) is 2.52. The van der Waals surface area contributed by atoms with E-state index < -0.39 is 18.5 Å². The van der Waals surface area contributed by atoms with E-state index in [1.54, 1.807) is 30.3 Å². The molecule has 1 N–H and O–H groups in total. The van der Waals surface area contributed by atoms with Crippen molar-refractivity contribution in [2.24, 2.45) is 0 Å². The minimum absolute atomic E-state index is 0.131. The molecule has 24 heavy (non-hydrogen) atoms. The average molecular weight is 407 g/mol. The van der Waals surface area contributed by atoms with Gasteiger partial charge in [0.1, 0.15) is 0 Å². The lowest BCUT2D eigenvalue weighted by Gasteiger charge is -2.09. The summed E-state index contributed by atoms with van der Waals surface area (Å²) in [5.74, 6) is -1.15. The van der Waals surface area contributed by atoms with Crippen LogP contribution >= 0.6 is 46.4 Å². The molecule has 0 atom stereocenters. The number of amides is 1. The number of rotatable bonds is 5. The van der Waals surface area contributed by atoms with E-state index in [2.05, 4.69) is 5.32 Å². The molecule has 126 valence electrons. The minimum Gasteiger partial charge on any atom is -0.455 e. The monoisotopic (exact) mass is 405 g/mol. The van der Waals surface area contributed by atoms with E-state index in [0.717, 1.165) is 0 Å². The zero-order chi connectivity index (χ0) is 17.7. The summed E-state index contributed by atoms with van der Waals surface area (Å²) in [5, 5.41) is 3.96. The first-order chi connectivity index (χ1) is 11.4. The summed E-state index contributed by atoms with van der Waals surface area (Å²) >= 11 is 23.7. The molecule has 0 fully saturated rings. The smallest absolute Gasteiger partial charge is 0.310 e. The van der Waals surface area contributed by atoms with Gasteiger partial charge in [-0.2, -0.15) is 0 Å². The molecule has 0 aromatic heterocycles. The fourth-order valence-electron chi connectivity index (χ4n) is 1.82. The summed E-state index contributed by atoms with van der Waals surface area (Å²) < 4.78 is 4.92. The van der Waals surface area contributed by atoms with Crippen LogP contribution in [0.2, 0.25) is 20.1 Å². The molecule has 0 unspecified atom stereocenters. The van der Waals surface area contributed by atoms with Crippen LogP contribution in [0, 0.1) is 0 Å². The minimum atomic E-state index is -0.623. The highest BCUT2D eigenvalue weighted by Gasteiger charge is 2.14. The summed E-state index contributed by atoms with van der Waals surface area (Å²) in [6.45, 7) is -0.458. The normalized spacial score (nSPS) is 10.3. The molecule has 0 aliphatic rings.